The molecule has 0 amide bonds. The van der Waals surface area contributed by atoms with Crippen molar-refractivity contribution in [2.75, 3.05) is 72.0 Å². The van der Waals surface area contributed by atoms with Crippen LogP contribution >= 0.6 is 0 Å². The summed E-state index contributed by atoms with van der Waals surface area (Å²) in [5.74, 6) is 0. The highest BCUT2D eigenvalue weighted by Gasteiger charge is 2.20. The van der Waals surface area contributed by atoms with Gasteiger partial charge in [0.15, 0.2) is 0 Å². The Morgan fingerprint density at radius 2 is 1.42 bits per heavy atom. The number of aliphatic hydroxyl groups is 1. The Kier molecular flexibility index (Phi) is 6.53. The number of aliphatic hydroxyl groups excluding tert-OH is 1. The maximum absolute atomic E-state index is 10.2. The molecule has 1 unspecified atom stereocenters. The summed E-state index contributed by atoms with van der Waals surface area (Å²) < 4.78 is 0. The van der Waals surface area contributed by atoms with Gasteiger partial charge in [-0.1, -0.05) is 6.92 Å². The van der Waals surface area contributed by atoms with Crippen LogP contribution in [0, 0.1) is 0 Å². The average molecular weight is 270 g/mol. The lowest BCUT2D eigenvalue weighted by Gasteiger charge is -2.36. The molecule has 2 N–H and O–H groups in total. The van der Waals surface area contributed by atoms with E-state index >= 15 is 0 Å². The Morgan fingerprint density at radius 3 is 2.00 bits per heavy atom. The predicted octanol–water partition coefficient (Wildman–Crippen LogP) is -0.720. The Hall–Kier alpha value is -0.200. The van der Waals surface area contributed by atoms with Crippen LogP contribution in [0.2, 0.25) is 0 Å². The van der Waals surface area contributed by atoms with Crippen LogP contribution < -0.4 is 5.32 Å². The van der Waals surface area contributed by atoms with Gasteiger partial charge in [-0.15, -0.1) is 0 Å². The molecule has 0 bridgehead atoms. The molecular formula is C14H30N4O. The number of nitrogens with one attached hydrogen (secondary N) is 1. The van der Waals surface area contributed by atoms with Crippen molar-refractivity contribution in [3.63, 3.8) is 0 Å². The second-order valence-corrected chi connectivity index (χ2v) is 5.85. The van der Waals surface area contributed by atoms with E-state index in [2.05, 4.69) is 26.9 Å². The van der Waals surface area contributed by atoms with Gasteiger partial charge in [0.2, 0.25) is 0 Å². The first-order chi connectivity index (χ1) is 9.28. The zero-order valence-corrected chi connectivity index (χ0v) is 12.4. The summed E-state index contributed by atoms with van der Waals surface area (Å²) in [6.45, 7) is 13.9. The fraction of sp³-hybridized carbons (Fsp3) is 1.00. The number of nitrogens with zero attached hydrogens (tertiary/aromatic N) is 3. The molecule has 2 fully saturated rings. The van der Waals surface area contributed by atoms with E-state index in [-0.39, 0.29) is 6.10 Å². The molecule has 0 radical (unpaired) electrons. The minimum absolute atomic E-state index is 0.198. The molecule has 1 atom stereocenters. The highest BCUT2D eigenvalue weighted by Crippen LogP contribution is 2.04. The highest BCUT2D eigenvalue weighted by molar-refractivity contribution is 4.77. The lowest BCUT2D eigenvalue weighted by molar-refractivity contribution is 0.0479. The Morgan fingerprint density at radius 1 is 0.895 bits per heavy atom. The number of hydrogen-bond acceptors (Lipinski definition) is 5. The minimum atomic E-state index is -0.198. The molecule has 0 aromatic rings. The highest BCUT2D eigenvalue weighted by atomic mass is 16.3. The van der Waals surface area contributed by atoms with Crippen molar-refractivity contribution >= 4 is 0 Å². The summed E-state index contributed by atoms with van der Waals surface area (Å²) in [4.78, 5) is 7.31. The van der Waals surface area contributed by atoms with Gasteiger partial charge in [0.1, 0.15) is 0 Å². The van der Waals surface area contributed by atoms with Gasteiger partial charge in [-0.3, -0.25) is 9.80 Å². The van der Waals surface area contributed by atoms with E-state index in [9.17, 15) is 5.11 Å². The van der Waals surface area contributed by atoms with Crippen molar-refractivity contribution in [2.24, 2.45) is 0 Å². The first-order valence-corrected chi connectivity index (χ1v) is 7.83. The number of β-amino-alcohol motifs (C(OH)–C–C–N with tert-alkyl or cyclic N) is 1. The lowest BCUT2D eigenvalue weighted by Crippen LogP contribution is -2.51. The van der Waals surface area contributed by atoms with Gasteiger partial charge < -0.3 is 15.3 Å². The van der Waals surface area contributed by atoms with Crippen LogP contribution in [-0.4, -0.2) is 97.9 Å². The molecule has 0 saturated carbocycles. The van der Waals surface area contributed by atoms with Gasteiger partial charge in [0.05, 0.1) is 6.10 Å². The fourth-order valence-corrected chi connectivity index (χ4v) is 3.06. The van der Waals surface area contributed by atoms with Gasteiger partial charge >= 0.3 is 0 Å². The van der Waals surface area contributed by atoms with Crippen LogP contribution in [0.25, 0.3) is 0 Å². The average Bonchev–Trinajstić information content (AvgIpc) is 2.42. The van der Waals surface area contributed by atoms with E-state index in [0.29, 0.717) is 0 Å². The number of rotatable bonds is 6. The van der Waals surface area contributed by atoms with E-state index in [0.717, 1.165) is 65.4 Å². The third-order valence-corrected chi connectivity index (χ3v) is 4.15. The number of piperazine rings is 2. The van der Waals surface area contributed by atoms with Crippen molar-refractivity contribution in [2.45, 2.75) is 19.4 Å². The van der Waals surface area contributed by atoms with Crippen molar-refractivity contribution in [3.05, 3.63) is 0 Å². The Bertz CT molecular complexity index is 238. The molecule has 2 aliphatic heterocycles. The smallest absolute Gasteiger partial charge is 0.0793 e. The molecule has 2 rings (SSSR count). The fourth-order valence-electron chi connectivity index (χ4n) is 3.06. The van der Waals surface area contributed by atoms with E-state index in [1.807, 2.05) is 0 Å². The van der Waals surface area contributed by atoms with E-state index in [4.69, 9.17) is 0 Å². The molecule has 0 aliphatic carbocycles. The summed E-state index contributed by atoms with van der Waals surface area (Å²) in [6, 6.07) is 0. The van der Waals surface area contributed by atoms with Crippen molar-refractivity contribution < 1.29 is 5.11 Å². The quantitative estimate of drug-likeness (QED) is 0.667. The lowest BCUT2D eigenvalue weighted by atomic mass is 10.2. The van der Waals surface area contributed by atoms with Gasteiger partial charge in [-0.25, -0.2) is 0 Å². The van der Waals surface area contributed by atoms with Gasteiger partial charge in [0, 0.05) is 65.4 Å². The molecule has 0 aromatic carbocycles. The molecular weight excluding hydrogens is 240 g/mol. The van der Waals surface area contributed by atoms with Crippen LogP contribution in [-0.2, 0) is 0 Å². The molecule has 112 valence electrons. The van der Waals surface area contributed by atoms with Crippen LogP contribution in [0.1, 0.15) is 13.3 Å². The maximum atomic E-state index is 10.2. The first-order valence-electron chi connectivity index (χ1n) is 7.83. The monoisotopic (exact) mass is 270 g/mol. The van der Waals surface area contributed by atoms with Crippen LogP contribution in [0.5, 0.6) is 0 Å². The molecule has 2 heterocycles. The first kappa shape index (κ1) is 15.2. The molecule has 2 saturated heterocycles. The van der Waals surface area contributed by atoms with Crippen molar-refractivity contribution in [1.82, 2.24) is 20.0 Å². The van der Waals surface area contributed by atoms with Gasteiger partial charge in [-0.2, -0.15) is 0 Å². The minimum Gasteiger partial charge on any atom is -0.390 e. The summed E-state index contributed by atoms with van der Waals surface area (Å²) >= 11 is 0. The molecule has 19 heavy (non-hydrogen) atoms. The number of hydrogen-bond donors (Lipinski definition) is 2. The van der Waals surface area contributed by atoms with Crippen LogP contribution in [0.4, 0.5) is 0 Å². The SMILES string of the molecule is CCCN1CCN(CC(O)CN2CCNCC2)CC1. The summed E-state index contributed by atoms with van der Waals surface area (Å²) in [7, 11) is 0. The summed E-state index contributed by atoms with van der Waals surface area (Å²) in [5, 5.41) is 13.6. The molecule has 5 nitrogen and oxygen atoms in total. The van der Waals surface area contributed by atoms with Crippen LogP contribution in [0.15, 0.2) is 0 Å². The summed E-state index contributed by atoms with van der Waals surface area (Å²) in [5.41, 5.74) is 0. The zero-order chi connectivity index (χ0) is 13.5. The maximum Gasteiger partial charge on any atom is 0.0793 e. The molecule has 2 aliphatic rings. The van der Waals surface area contributed by atoms with E-state index < -0.39 is 0 Å². The van der Waals surface area contributed by atoms with Gasteiger partial charge in [0.25, 0.3) is 0 Å². The third-order valence-electron chi connectivity index (χ3n) is 4.15. The molecule has 0 spiro atoms. The van der Waals surface area contributed by atoms with E-state index in [1.165, 1.54) is 13.0 Å². The predicted molar refractivity (Wildman–Crippen MR) is 78.5 cm³/mol. The Balaban J connectivity index is 1.61. The van der Waals surface area contributed by atoms with Crippen molar-refractivity contribution in [3.8, 4) is 0 Å². The zero-order valence-electron chi connectivity index (χ0n) is 12.4. The van der Waals surface area contributed by atoms with Gasteiger partial charge in [-0.05, 0) is 13.0 Å². The standard InChI is InChI=1S/C14H30N4O/c1-2-5-16-8-10-18(11-9-16)13-14(19)12-17-6-3-15-4-7-17/h14-15,19H,2-13H2,1H3. The third kappa shape index (κ3) is 5.36. The normalized spacial score (nSPS) is 25.6. The summed E-state index contributed by atoms with van der Waals surface area (Å²) in [6.07, 6.45) is 1.04. The van der Waals surface area contributed by atoms with Crippen LogP contribution in [0.3, 0.4) is 0 Å². The second-order valence-electron chi connectivity index (χ2n) is 5.85. The van der Waals surface area contributed by atoms with Crippen molar-refractivity contribution in [1.29, 1.82) is 0 Å². The molecule has 5 heteroatoms. The second kappa shape index (κ2) is 8.17. The molecule has 0 aromatic heterocycles. The van der Waals surface area contributed by atoms with E-state index in [1.54, 1.807) is 0 Å². The topological polar surface area (TPSA) is 42.0 Å². The largest absolute Gasteiger partial charge is 0.390 e. The Labute approximate surface area is 117 Å².